The Kier molecular flexibility index (Phi) is 6.20. The molecule has 2 aromatic carbocycles. The highest BCUT2D eigenvalue weighted by atomic mass is 16.5. The summed E-state index contributed by atoms with van der Waals surface area (Å²) in [5.41, 5.74) is 2.39. The van der Waals surface area contributed by atoms with Crippen molar-refractivity contribution in [1.82, 2.24) is 0 Å². The molecule has 0 heterocycles. The average Bonchev–Trinajstić information content (AvgIpc) is 2.73. The van der Waals surface area contributed by atoms with Gasteiger partial charge in [-0.3, -0.25) is 0 Å². The Morgan fingerprint density at radius 1 is 1.04 bits per heavy atom. The number of aliphatic hydroxyl groups excluding tert-OH is 1. The average molecular weight is 361 g/mol. The molecule has 2 aromatic rings. The first-order valence-corrected chi connectivity index (χ1v) is 8.88. The fraction of sp³-hybridized carbons (Fsp3) is 0.455. The lowest BCUT2D eigenvalue weighted by Crippen LogP contribution is -2.17. The Hall–Kier alpha value is -2.20. The Balaban J connectivity index is 1.82. The highest BCUT2D eigenvalue weighted by molar-refractivity contribution is 5.42. The van der Waals surface area contributed by atoms with E-state index in [1.54, 1.807) is 28.1 Å². The first-order valence-electron chi connectivity index (χ1n) is 10.4. The van der Waals surface area contributed by atoms with Crippen LogP contribution in [-0.2, 0) is 6.42 Å². The molecule has 4 heteroatoms. The molecule has 0 aliphatic carbocycles. The SMILES string of the molecule is [2H]c1c([2H])c(OCC(O)CCCCc2ccc(OC)c(OC)c2)c([2H])c(C)c1C. The van der Waals surface area contributed by atoms with E-state index in [-0.39, 0.29) is 30.5 Å². The first-order chi connectivity index (χ1) is 13.8. The summed E-state index contributed by atoms with van der Waals surface area (Å²) < 4.78 is 40.2. The van der Waals surface area contributed by atoms with Crippen LogP contribution < -0.4 is 14.2 Å². The van der Waals surface area contributed by atoms with Crippen LogP contribution in [0, 0.1) is 13.8 Å². The number of methoxy groups -OCH3 is 2. The van der Waals surface area contributed by atoms with Crippen LogP contribution in [-0.4, -0.2) is 32.0 Å². The van der Waals surface area contributed by atoms with Crippen LogP contribution in [0.1, 0.15) is 40.1 Å². The van der Waals surface area contributed by atoms with Crippen LogP contribution in [0.5, 0.6) is 17.2 Å². The molecule has 0 radical (unpaired) electrons. The molecule has 0 fully saturated rings. The van der Waals surface area contributed by atoms with Crippen LogP contribution in [0.3, 0.4) is 0 Å². The van der Waals surface area contributed by atoms with Crippen molar-refractivity contribution in [2.24, 2.45) is 0 Å². The fourth-order valence-electron chi connectivity index (χ4n) is 2.62. The van der Waals surface area contributed by atoms with E-state index < -0.39 is 6.10 Å². The number of rotatable bonds is 10. The number of hydrogen-bond donors (Lipinski definition) is 1. The minimum atomic E-state index is -0.685. The lowest BCUT2D eigenvalue weighted by atomic mass is 10.0. The molecule has 0 amide bonds. The van der Waals surface area contributed by atoms with Gasteiger partial charge in [0.25, 0.3) is 0 Å². The van der Waals surface area contributed by atoms with Gasteiger partial charge in [-0.05, 0) is 74.0 Å². The third-order valence-corrected chi connectivity index (χ3v) is 4.35. The normalized spacial score (nSPS) is 13.5. The molecule has 0 spiro atoms. The molecule has 2 rings (SSSR count). The number of aliphatic hydroxyl groups is 1. The number of aryl methyl sites for hydroxylation is 1. The van der Waals surface area contributed by atoms with E-state index in [9.17, 15) is 5.11 Å². The molecular weight excluding hydrogens is 328 g/mol. The molecule has 0 aliphatic rings. The summed E-state index contributed by atoms with van der Waals surface area (Å²) in [5.74, 6) is 1.48. The van der Waals surface area contributed by atoms with Gasteiger partial charge in [0.15, 0.2) is 11.5 Å². The van der Waals surface area contributed by atoms with Crippen LogP contribution in [0.25, 0.3) is 0 Å². The maximum Gasteiger partial charge on any atom is 0.160 e. The van der Waals surface area contributed by atoms with E-state index in [0.717, 1.165) is 24.8 Å². The quantitative estimate of drug-likeness (QED) is 0.634. The van der Waals surface area contributed by atoms with Crippen molar-refractivity contribution in [3.63, 3.8) is 0 Å². The minimum absolute atomic E-state index is 0.00998. The number of unbranched alkanes of at least 4 members (excludes halogenated alkanes) is 1. The Labute approximate surface area is 160 Å². The van der Waals surface area contributed by atoms with Gasteiger partial charge in [0.2, 0.25) is 0 Å². The first kappa shape index (κ1) is 16.0. The highest BCUT2D eigenvalue weighted by Gasteiger charge is 2.07. The second kappa shape index (κ2) is 10.1. The molecule has 0 bridgehead atoms. The van der Waals surface area contributed by atoms with Crippen molar-refractivity contribution in [1.29, 1.82) is 0 Å². The molecule has 1 N–H and O–H groups in total. The second-order valence-electron chi connectivity index (χ2n) is 6.35. The summed E-state index contributed by atoms with van der Waals surface area (Å²) in [4.78, 5) is 0. The maximum absolute atomic E-state index is 10.2. The van der Waals surface area contributed by atoms with Crippen LogP contribution in [0.15, 0.2) is 36.3 Å². The molecule has 1 atom stereocenters. The van der Waals surface area contributed by atoms with E-state index in [1.807, 2.05) is 18.2 Å². The third kappa shape index (κ3) is 5.95. The van der Waals surface area contributed by atoms with Crippen LogP contribution >= 0.6 is 0 Å². The van der Waals surface area contributed by atoms with Crippen LogP contribution in [0.2, 0.25) is 0 Å². The van der Waals surface area contributed by atoms with Gasteiger partial charge in [0.1, 0.15) is 12.4 Å². The topological polar surface area (TPSA) is 47.9 Å². The fourth-order valence-corrected chi connectivity index (χ4v) is 2.62. The largest absolute Gasteiger partial charge is 0.493 e. The molecule has 26 heavy (non-hydrogen) atoms. The Morgan fingerprint density at radius 3 is 2.54 bits per heavy atom. The molecule has 0 aromatic heterocycles. The van der Waals surface area contributed by atoms with Crippen molar-refractivity contribution in [2.75, 3.05) is 20.8 Å². The predicted molar refractivity (Wildman–Crippen MR) is 105 cm³/mol. The molecule has 4 nitrogen and oxygen atoms in total. The summed E-state index contributed by atoms with van der Waals surface area (Å²) in [7, 11) is 3.22. The second-order valence-corrected chi connectivity index (χ2v) is 6.35. The molecule has 142 valence electrons. The maximum atomic E-state index is 10.2. The number of hydrogen-bond acceptors (Lipinski definition) is 4. The van der Waals surface area contributed by atoms with E-state index in [4.69, 9.17) is 18.3 Å². The van der Waals surface area contributed by atoms with Crippen molar-refractivity contribution in [3.05, 3.63) is 53.0 Å². The minimum Gasteiger partial charge on any atom is -0.493 e. The van der Waals surface area contributed by atoms with Gasteiger partial charge < -0.3 is 19.3 Å². The monoisotopic (exact) mass is 361 g/mol. The zero-order valence-electron chi connectivity index (χ0n) is 19.0. The highest BCUT2D eigenvalue weighted by Crippen LogP contribution is 2.28. The van der Waals surface area contributed by atoms with Crippen molar-refractivity contribution in [2.45, 2.75) is 45.6 Å². The van der Waals surface area contributed by atoms with Crippen LogP contribution in [0.4, 0.5) is 0 Å². The van der Waals surface area contributed by atoms with Crippen molar-refractivity contribution < 1.29 is 23.4 Å². The van der Waals surface area contributed by atoms with E-state index in [1.165, 1.54) is 0 Å². The van der Waals surface area contributed by atoms with E-state index >= 15 is 0 Å². The molecule has 0 aliphatic heterocycles. The van der Waals surface area contributed by atoms with Gasteiger partial charge >= 0.3 is 0 Å². The standard InChI is InChI=1S/C22H30O4/c1-16-9-11-20(13-17(16)2)26-15-19(23)8-6-5-7-18-10-12-21(24-3)22(14-18)25-4/h9-14,19,23H,5-8,15H2,1-4H3/i9D,11D,13D. The Morgan fingerprint density at radius 2 is 1.81 bits per heavy atom. The zero-order chi connectivity index (χ0) is 21.6. The van der Waals surface area contributed by atoms with Gasteiger partial charge in [-0.15, -0.1) is 0 Å². The van der Waals surface area contributed by atoms with Gasteiger partial charge in [0.05, 0.1) is 24.4 Å². The van der Waals surface area contributed by atoms with Gasteiger partial charge in [-0.1, -0.05) is 18.5 Å². The number of benzene rings is 2. The van der Waals surface area contributed by atoms with Crippen molar-refractivity contribution >= 4 is 0 Å². The smallest absolute Gasteiger partial charge is 0.160 e. The molecule has 1 unspecified atom stereocenters. The zero-order valence-corrected chi connectivity index (χ0v) is 16.0. The summed E-state index contributed by atoms with van der Waals surface area (Å²) in [6, 6.07) is 5.94. The van der Waals surface area contributed by atoms with Crippen molar-refractivity contribution in [3.8, 4) is 17.2 Å². The van der Waals surface area contributed by atoms with Gasteiger partial charge in [0, 0.05) is 0 Å². The number of ether oxygens (including phenoxy) is 3. The Bertz CT molecular complexity index is 810. The predicted octanol–water partition coefficient (Wildman–Crippen LogP) is 4.47. The molecular formula is C22H30O4. The van der Waals surface area contributed by atoms with Gasteiger partial charge in [-0.25, -0.2) is 0 Å². The summed E-state index contributed by atoms with van der Waals surface area (Å²) in [6.45, 7) is 3.48. The summed E-state index contributed by atoms with van der Waals surface area (Å²) >= 11 is 0. The molecule has 0 saturated carbocycles. The molecule has 0 saturated heterocycles. The van der Waals surface area contributed by atoms with E-state index in [0.29, 0.717) is 29.0 Å². The van der Waals surface area contributed by atoms with Gasteiger partial charge in [-0.2, -0.15) is 0 Å². The lowest BCUT2D eigenvalue weighted by Gasteiger charge is -2.13. The summed E-state index contributed by atoms with van der Waals surface area (Å²) in [5, 5.41) is 10.2. The lowest BCUT2D eigenvalue weighted by molar-refractivity contribution is 0.0976. The third-order valence-electron chi connectivity index (χ3n) is 4.35. The van der Waals surface area contributed by atoms with E-state index in [2.05, 4.69) is 0 Å². The summed E-state index contributed by atoms with van der Waals surface area (Å²) in [6.07, 6.45) is 2.46.